The number of hydrogen-bond donors (Lipinski definition) is 1. The molecule has 0 radical (unpaired) electrons. The molecule has 2 fully saturated rings. The Kier molecular flexibility index (Phi) is 6.70. The van der Waals surface area contributed by atoms with Gasteiger partial charge in [-0.05, 0) is 50.1 Å². The molecule has 2 aliphatic heterocycles. The van der Waals surface area contributed by atoms with Gasteiger partial charge in [0.1, 0.15) is 11.9 Å². The van der Waals surface area contributed by atoms with Crippen LogP contribution in [0, 0.1) is 12.7 Å². The zero-order valence-corrected chi connectivity index (χ0v) is 18.4. The molecule has 1 atom stereocenters. The molecule has 0 saturated carbocycles. The van der Waals surface area contributed by atoms with Crippen LogP contribution in [0.4, 0.5) is 4.39 Å². The van der Waals surface area contributed by atoms with Crippen molar-refractivity contribution in [3.8, 4) is 0 Å². The van der Waals surface area contributed by atoms with Crippen LogP contribution in [-0.2, 0) is 22.6 Å². The number of amides is 1. The average Bonchev–Trinajstić information content (AvgIpc) is 2.74. The van der Waals surface area contributed by atoms with Crippen molar-refractivity contribution >= 4 is 5.91 Å². The summed E-state index contributed by atoms with van der Waals surface area (Å²) in [6, 6.07) is 15.0. The zero-order chi connectivity index (χ0) is 21.8. The third-order valence-corrected chi connectivity index (χ3v) is 6.37. The topological polar surface area (TPSA) is 44.8 Å². The molecule has 166 valence electrons. The number of likely N-dealkylation sites (N-methyl/N-ethyl adjacent to an activating group) is 1. The number of halogens is 1. The summed E-state index contributed by atoms with van der Waals surface area (Å²) >= 11 is 0. The summed E-state index contributed by atoms with van der Waals surface area (Å²) in [4.78, 5) is 17.4. The first-order valence-corrected chi connectivity index (χ1v) is 11.1. The van der Waals surface area contributed by atoms with E-state index in [0.717, 1.165) is 50.1 Å². The Labute approximate surface area is 184 Å². The minimum Gasteiger partial charge on any atom is -0.359 e. The second kappa shape index (κ2) is 9.47. The van der Waals surface area contributed by atoms with Crippen molar-refractivity contribution in [1.82, 2.24) is 15.1 Å². The molecular weight excluding hydrogens is 393 g/mol. The summed E-state index contributed by atoms with van der Waals surface area (Å²) in [6.07, 6.45) is 1.28. The Morgan fingerprint density at radius 2 is 1.90 bits per heavy atom. The van der Waals surface area contributed by atoms with Crippen LogP contribution in [0.1, 0.15) is 29.5 Å². The molecule has 1 amide bonds. The monoisotopic (exact) mass is 425 g/mol. The van der Waals surface area contributed by atoms with Crippen LogP contribution in [-0.4, -0.2) is 60.6 Å². The molecule has 2 aromatic rings. The van der Waals surface area contributed by atoms with Crippen molar-refractivity contribution < 1.29 is 13.9 Å². The van der Waals surface area contributed by atoms with E-state index >= 15 is 0 Å². The van der Waals surface area contributed by atoms with E-state index in [2.05, 4.69) is 41.2 Å². The molecule has 2 heterocycles. The molecule has 0 unspecified atom stereocenters. The standard InChI is InChI=1S/C25H32FN3O2/c1-19-6-8-20(9-7-19)15-27-24(30)23-17-28(2)18-25(31-23)10-12-29(13-11-25)16-21-4-3-5-22(26)14-21/h3-9,14,23H,10-13,15-18H2,1-2H3,(H,27,30)/t23-/m1/s1. The van der Waals surface area contributed by atoms with Gasteiger partial charge in [-0.15, -0.1) is 0 Å². The summed E-state index contributed by atoms with van der Waals surface area (Å²) in [6.45, 7) is 6.50. The van der Waals surface area contributed by atoms with Crippen molar-refractivity contribution in [2.75, 3.05) is 33.2 Å². The minimum absolute atomic E-state index is 0.0475. The number of likely N-dealkylation sites (tertiary alicyclic amines) is 1. The van der Waals surface area contributed by atoms with Gasteiger partial charge in [0.25, 0.3) is 5.91 Å². The van der Waals surface area contributed by atoms with Gasteiger partial charge in [-0.25, -0.2) is 4.39 Å². The number of benzene rings is 2. The average molecular weight is 426 g/mol. The van der Waals surface area contributed by atoms with Gasteiger partial charge in [0.15, 0.2) is 0 Å². The third kappa shape index (κ3) is 5.70. The maximum absolute atomic E-state index is 13.5. The largest absolute Gasteiger partial charge is 0.359 e. The number of nitrogens with zero attached hydrogens (tertiary/aromatic N) is 2. The number of aryl methyl sites for hydroxylation is 1. The lowest BCUT2D eigenvalue weighted by Crippen LogP contribution is -2.61. The predicted molar refractivity (Wildman–Crippen MR) is 119 cm³/mol. The van der Waals surface area contributed by atoms with E-state index in [1.54, 1.807) is 12.1 Å². The van der Waals surface area contributed by atoms with Gasteiger partial charge in [-0.3, -0.25) is 9.69 Å². The van der Waals surface area contributed by atoms with Crippen molar-refractivity contribution in [1.29, 1.82) is 0 Å². The number of piperidine rings is 1. The smallest absolute Gasteiger partial charge is 0.250 e. The quantitative estimate of drug-likeness (QED) is 0.800. The van der Waals surface area contributed by atoms with Crippen molar-refractivity contribution in [3.05, 3.63) is 71.0 Å². The van der Waals surface area contributed by atoms with Crippen molar-refractivity contribution in [3.63, 3.8) is 0 Å². The normalized spacial score (nSPS) is 21.8. The highest BCUT2D eigenvalue weighted by Crippen LogP contribution is 2.32. The van der Waals surface area contributed by atoms with Crippen LogP contribution in [0.5, 0.6) is 0 Å². The van der Waals surface area contributed by atoms with Gasteiger partial charge in [0.05, 0.1) is 5.60 Å². The summed E-state index contributed by atoms with van der Waals surface area (Å²) in [5.74, 6) is -0.239. The molecule has 31 heavy (non-hydrogen) atoms. The van der Waals surface area contributed by atoms with E-state index in [-0.39, 0.29) is 17.3 Å². The number of carbonyl (C=O) groups is 1. The van der Waals surface area contributed by atoms with E-state index in [9.17, 15) is 9.18 Å². The lowest BCUT2D eigenvalue weighted by Gasteiger charge is -2.48. The molecule has 0 aromatic heterocycles. The van der Waals surface area contributed by atoms with Gasteiger partial charge in [0.2, 0.25) is 0 Å². The highest BCUT2D eigenvalue weighted by Gasteiger charge is 2.43. The lowest BCUT2D eigenvalue weighted by molar-refractivity contribution is -0.182. The van der Waals surface area contributed by atoms with E-state index in [1.165, 1.54) is 11.6 Å². The van der Waals surface area contributed by atoms with Gasteiger partial charge in [0, 0.05) is 39.3 Å². The molecule has 5 nitrogen and oxygen atoms in total. The van der Waals surface area contributed by atoms with E-state index in [0.29, 0.717) is 13.1 Å². The number of rotatable bonds is 5. The molecule has 2 aliphatic rings. The van der Waals surface area contributed by atoms with Crippen LogP contribution in [0.3, 0.4) is 0 Å². The highest BCUT2D eigenvalue weighted by atomic mass is 19.1. The lowest BCUT2D eigenvalue weighted by atomic mass is 9.88. The van der Waals surface area contributed by atoms with Crippen LogP contribution >= 0.6 is 0 Å². The zero-order valence-electron chi connectivity index (χ0n) is 18.4. The molecular formula is C25H32FN3O2. The van der Waals surface area contributed by atoms with Crippen LogP contribution in [0.2, 0.25) is 0 Å². The fourth-order valence-corrected chi connectivity index (χ4v) is 4.65. The molecule has 0 bridgehead atoms. The first kappa shape index (κ1) is 21.9. The summed E-state index contributed by atoms with van der Waals surface area (Å²) in [5, 5.41) is 3.04. The van der Waals surface area contributed by atoms with Gasteiger partial charge >= 0.3 is 0 Å². The maximum atomic E-state index is 13.5. The summed E-state index contributed by atoms with van der Waals surface area (Å²) in [7, 11) is 2.06. The van der Waals surface area contributed by atoms with Gasteiger partial charge < -0.3 is 15.0 Å². The molecule has 1 spiro atoms. The SMILES string of the molecule is Cc1ccc(CNC(=O)[C@H]2CN(C)CC3(CCN(Cc4cccc(F)c4)CC3)O2)cc1. The first-order chi connectivity index (χ1) is 14.9. The number of ether oxygens (including phenoxy) is 1. The Balaban J connectivity index is 1.31. The fraction of sp³-hybridized carbons (Fsp3) is 0.480. The van der Waals surface area contributed by atoms with Crippen LogP contribution in [0.25, 0.3) is 0 Å². The third-order valence-electron chi connectivity index (χ3n) is 6.37. The number of morpholine rings is 1. The van der Waals surface area contributed by atoms with Crippen molar-refractivity contribution in [2.24, 2.45) is 0 Å². The molecule has 2 aromatic carbocycles. The Hall–Kier alpha value is -2.28. The number of nitrogens with one attached hydrogen (secondary N) is 1. The Bertz CT molecular complexity index is 894. The Morgan fingerprint density at radius 1 is 1.16 bits per heavy atom. The maximum Gasteiger partial charge on any atom is 0.250 e. The molecule has 4 rings (SSSR count). The fourth-order valence-electron chi connectivity index (χ4n) is 4.65. The molecule has 0 aliphatic carbocycles. The van der Waals surface area contributed by atoms with Crippen LogP contribution in [0.15, 0.2) is 48.5 Å². The Morgan fingerprint density at radius 3 is 2.61 bits per heavy atom. The van der Waals surface area contributed by atoms with Crippen LogP contribution < -0.4 is 5.32 Å². The number of carbonyl (C=O) groups excluding carboxylic acids is 1. The summed E-state index contributed by atoms with van der Waals surface area (Å²) in [5.41, 5.74) is 2.99. The molecule has 6 heteroatoms. The minimum atomic E-state index is -0.459. The van der Waals surface area contributed by atoms with Crippen molar-refractivity contribution in [2.45, 2.75) is 44.6 Å². The molecule has 1 N–H and O–H groups in total. The highest BCUT2D eigenvalue weighted by molar-refractivity contribution is 5.81. The first-order valence-electron chi connectivity index (χ1n) is 11.1. The van der Waals surface area contributed by atoms with E-state index < -0.39 is 6.10 Å². The van der Waals surface area contributed by atoms with Gasteiger partial charge in [-0.2, -0.15) is 0 Å². The molecule has 2 saturated heterocycles. The van der Waals surface area contributed by atoms with Gasteiger partial charge in [-0.1, -0.05) is 42.0 Å². The predicted octanol–water partition coefficient (Wildman–Crippen LogP) is 3.12. The van der Waals surface area contributed by atoms with E-state index in [4.69, 9.17) is 4.74 Å². The number of hydrogen-bond acceptors (Lipinski definition) is 4. The summed E-state index contributed by atoms with van der Waals surface area (Å²) < 4.78 is 19.9. The second-order valence-electron chi connectivity index (χ2n) is 9.10. The second-order valence-corrected chi connectivity index (χ2v) is 9.10. The van der Waals surface area contributed by atoms with E-state index in [1.807, 2.05) is 18.2 Å².